The highest BCUT2D eigenvalue weighted by atomic mass is 79.9. The third kappa shape index (κ3) is 2.18. The standard InChI is InChI=1S/C11H16BrNO3/c12-9-2-1-8(16-9)10(14)11(7-13)3-5-15-6-4-11/h1-2,10,14H,3-7,13H2. The summed E-state index contributed by atoms with van der Waals surface area (Å²) in [4.78, 5) is 0. The van der Waals surface area contributed by atoms with Gasteiger partial charge in [-0.15, -0.1) is 0 Å². The highest BCUT2D eigenvalue weighted by molar-refractivity contribution is 9.10. The molecule has 1 aliphatic rings. The molecule has 1 fully saturated rings. The smallest absolute Gasteiger partial charge is 0.169 e. The summed E-state index contributed by atoms with van der Waals surface area (Å²) in [7, 11) is 0. The van der Waals surface area contributed by atoms with Gasteiger partial charge in [0.05, 0.1) is 0 Å². The predicted octanol–water partition coefficient (Wildman–Crippen LogP) is 1.83. The van der Waals surface area contributed by atoms with Crippen LogP contribution in [0.2, 0.25) is 0 Å². The zero-order chi connectivity index (χ0) is 11.6. The Labute approximate surface area is 103 Å². The number of hydrogen-bond donors (Lipinski definition) is 2. The fourth-order valence-corrected chi connectivity index (χ4v) is 2.46. The van der Waals surface area contributed by atoms with Crippen molar-refractivity contribution in [2.45, 2.75) is 18.9 Å². The first-order valence-corrected chi connectivity index (χ1v) is 6.18. The minimum absolute atomic E-state index is 0.310. The summed E-state index contributed by atoms with van der Waals surface area (Å²) in [6.45, 7) is 1.74. The van der Waals surface area contributed by atoms with Crippen molar-refractivity contribution in [3.05, 3.63) is 22.6 Å². The molecule has 3 N–H and O–H groups in total. The van der Waals surface area contributed by atoms with Gasteiger partial charge in [0.15, 0.2) is 4.67 Å². The van der Waals surface area contributed by atoms with Crippen LogP contribution in [0.3, 0.4) is 0 Å². The van der Waals surface area contributed by atoms with Gasteiger partial charge < -0.3 is 20.0 Å². The lowest BCUT2D eigenvalue weighted by molar-refractivity contribution is -0.0661. The zero-order valence-electron chi connectivity index (χ0n) is 8.99. The van der Waals surface area contributed by atoms with Crippen LogP contribution in [0.25, 0.3) is 0 Å². The molecule has 0 saturated carbocycles. The van der Waals surface area contributed by atoms with E-state index in [0.717, 1.165) is 12.8 Å². The Bertz CT molecular complexity index is 347. The van der Waals surface area contributed by atoms with Crippen LogP contribution in [-0.4, -0.2) is 24.9 Å². The maximum Gasteiger partial charge on any atom is 0.169 e. The summed E-state index contributed by atoms with van der Waals surface area (Å²) in [5.41, 5.74) is 5.50. The second-order valence-electron chi connectivity index (χ2n) is 4.22. The Morgan fingerprint density at radius 2 is 2.12 bits per heavy atom. The SMILES string of the molecule is NCC1(C(O)c2ccc(Br)o2)CCOCC1. The van der Waals surface area contributed by atoms with Crippen LogP contribution < -0.4 is 5.73 Å². The number of halogens is 1. The highest BCUT2D eigenvalue weighted by Crippen LogP contribution is 2.42. The van der Waals surface area contributed by atoms with Crippen molar-refractivity contribution in [3.63, 3.8) is 0 Å². The predicted molar refractivity (Wildman–Crippen MR) is 62.9 cm³/mol. The molecular formula is C11H16BrNO3. The molecule has 16 heavy (non-hydrogen) atoms. The van der Waals surface area contributed by atoms with E-state index in [0.29, 0.717) is 30.2 Å². The maximum absolute atomic E-state index is 10.4. The lowest BCUT2D eigenvalue weighted by atomic mass is 9.74. The van der Waals surface area contributed by atoms with Gasteiger partial charge in [-0.1, -0.05) is 0 Å². The molecule has 0 bridgehead atoms. The van der Waals surface area contributed by atoms with Crippen molar-refractivity contribution in [1.29, 1.82) is 0 Å². The monoisotopic (exact) mass is 289 g/mol. The fraction of sp³-hybridized carbons (Fsp3) is 0.636. The average Bonchev–Trinajstić information content (AvgIpc) is 2.76. The van der Waals surface area contributed by atoms with Gasteiger partial charge in [0.25, 0.3) is 0 Å². The van der Waals surface area contributed by atoms with Crippen molar-refractivity contribution in [3.8, 4) is 0 Å². The molecule has 90 valence electrons. The quantitative estimate of drug-likeness (QED) is 0.891. The summed E-state index contributed by atoms with van der Waals surface area (Å²) >= 11 is 3.23. The Morgan fingerprint density at radius 1 is 1.44 bits per heavy atom. The number of aliphatic hydroxyl groups is 1. The molecular weight excluding hydrogens is 274 g/mol. The van der Waals surface area contributed by atoms with Crippen molar-refractivity contribution in [2.24, 2.45) is 11.1 Å². The van der Waals surface area contributed by atoms with Crippen LogP contribution >= 0.6 is 15.9 Å². The molecule has 0 amide bonds. The first-order valence-electron chi connectivity index (χ1n) is 5.39. The molecule has 2 rings (SSSR count). The van der Waals surface area contributed by atoms with Gasteiger partial charge in [-0.05, 0) is 40.9 Å². The molecule has 1 atom stereocenters. The van der Waals surface area contributed by atoms with Crippen molar-refractivity contribution < 1.29 is 14.3 Å². The largest absolute Gasteiger partial charge is 0.452 e. The Hall–Kier alpha value is -0.360. The highest BCUT2D eigenvalue weighted by Gasteiger charge is 2.40. The lowest BCUT2D eigenvalue weighted by Crippen LogP contribution is -2.41. The van der Waals surface area contributed by atoms with E-state index in [2.05, 4.69) is 15.9 Å². The molecule has 0 aliphatic carbocycles. The van der Waals surface area contributed by atoms with E-state index in [4.69, 9.17) is 14.9 Å². The normalized spacial score (nSPS) is 21.9. The fourth-order valence-electron chi connectivity index (χ4n) is 2.14. The third-order valence-corrected chi connectivity index (χ3v) is 3.76. The topological polar surface area (TPSA) is 68.6 Å². The second kappa shape index (κ2) is 4.87. The number of aliphatic hydroxyl groups excluding tert-OH is 1. The van der Waals surface area contributed by atoms with Gasteiger partial charge in [-0.3, -0.25) is 0 Å². The number of hydrogen-bond acceptors (Lipinski definition) is 4. The van der Waals surface area contributed by atoms with E-state index in [1.165, 1.54) is 0 Å². The van der Waals surface area contributed by atoms with Gasteiger partial charge in [-0.25, -0.2) is 0 Å². The molecule has 0 aromatic carbocycles. The van der Waals surface area contributed by atoms with Gasteiger partial charge in [0.1, 0.15) is 11.9 Å². The molecule has 1 unspecified atom stereocenters. The van der Waals surface area contributed by atoms with E-state index in [9.17, 15) is 5.11 Å². The van der Waals surface area contributed by atoms with Crippen LogP contribution in [0.1, 0.15) is 24.7 Å². The van der Waals surface area contributed by atoms with Gasteiger partial charge >= 0.3 is 0 Å². The van der Waals surface area contributed by atoms with Crippen LogP contribution in [0.15, 0.2) is 21.2 Å². The van der Waals surface area contributed by atoms with E-state index >= 15 is 0 Å². The van der Waals surface area contributed by atoms with Crippen molar-refractivity contribution in [1.82, 2.24) is 0 Å². The summed E-state index contributed by atoms with van der Waals surface area (Å²) in [5, 5.41) is 10.4. The summed E-state index contributed by atoms with van der Waals surface area (Å²) < 4.78 is 11.3. The summed E-state index contributed by atoms with van der Waals surface area (Å²) in [5.74, 6) is 0.569. The zero-order valence-corrected chi connectivity index (χ0v) is 10.6. The molecule has 5 heteroatoms. The van der Waals surface area contributed by atoms with Crippen LogP contribution in [-0.2, 0) is 4.74 Å². The Kier molecular flexibility index (Phi) is 3.69. The van der Waals surface area contributed by atoms with Crippen LogP contribution in [0, 0.1) is 5.41 Å². The maximum atomic E-state index is 10.4. The molecule has 1 aromatic rings. The van der Waals surface area contributed by atoms with Crippen molar-refractivity contribution in [2.75, 3.05) is 19.8 Å². The molecule has 4 nitrogen and oxygen atoms in total. The Balaban J connectivity index is 2.20. The van der Waals surface area contributed by atoms with Gasteiger partial charge in [-0.2, -0.15) is 0 Å². The molecule has 0 spiro atoms. The van der Waals surface area contributed by atoms with E-state index < -0.39 is 6.10 Å². The average molecular weight is 290 g/mol. The molecule has 1 aromatic heterocycles. The third-order valence-electron chi connectivity index (χ3n) is 3.34. The minimum atomic E-state index is -0.660. The Morgan fingerprint density at radius 3 is 2.62 bits per heavy atom. The summed E-state index contributed by atoms with van der Waals surface area (Å²) in [6.07, 6.45) is 0.874. The van der Waals surface area contributed by atoms with E-state index in [-0.39, 0.29) is 5.41 Å². The lowest BCUT2D eigenvalue weighted by Gasteiger charge is -2.39. The van der Waals surface area contributed by atoms with E-state index in [1.807, 2.05) is 0 Å². The van der Waals surface area contributed by atoms with Crippen LogP contribution in [0.4, 0.5) is 0 Å². The number of nitrogens with two attached hydrogens (primary N) is 1. The number of rotatable bonds is 3. The number of furan rings is 1. The number of ether oxygens (including phenoxy) is 1. The molecule has 1 saturated heterocycles. The molecule has 1 aliphatic heterocycles. The summed E-state index contributed by atoms with van der Waals surface area (Å²) in [6, 6.07) is 3.56. The van der Waals surface area contributed by atoms with Crippen molar-refractivity contribution >= 4 is 15.9 Å². The molecule has 0 radical (unpaired) electrons. The van der Waals surface area contributed by atoms with Gasteiger partial charge in [0, 0.05) is 25.2 Å². The first-order chi connectivity index (χ1) is 7.68. The molecule has 2 heterocycles. The van der Waals surface area contributed by atoms with Gasteiger partial charge in [0.2, 0.25) is 0 Å². The van der Waals surface area contributed by atoms with E-state index in [1.54, 1.807) is 12.1 Å². The minimum Gasteiger partial charge on any atom is -0.452 e. The first kappa shape index (κ1) is 12.1. The second-order valence-corrected chi connectivity index (χ2v) is 5.00. The van der Waals surface area contributed by atoms with Crippen LogP contribution in [0.5, 0.6) is 0 Å².